The number of hydrogen-bond acceptors (Lipinski definition) is 3. The van der Waals surface area contributed by atoms with Gasteiger partial charge >= 0.3 is 0 Å². The maximum absolute atomic E-state index is 12.5. The molecule has 0 heterocycles. The van der Waals surface area contributed by atoms with Crippen molar-refractivity contribution in [3.8, 4) is 0 Å². The molecule has 0 saturated heterocycles. The molecule has 3 N–H and O–H groups in total. The predicted molar refractivity (Wildman–Crippen MR) is 79.6 cm³/mol. The van der Waals surface area contributed by atoms with E-state index < -0.39 is 5.92 Å². The van der Waals surface area contributed by atoms with Gasteiger partial charge in [0.2, 0.25) is 5.91 Å². The summed E-state index contributed by atoms with van der Waals surface area (Å²) in [6, 6.07) is 9.69. The SMILES string of the molecule is CCC(C)N(C)C(=O)C(Cc1ccccc1)C(N)=NO. The zero-order valence-electron chi connectivity index (χ0n) is 12.3. The molecule has 20 heavy (non-hydrogen) atoms. The molecule has 0 fully saturated rings. The second kappa shape index (κ2) is 7.53. The Balaban J connectivity index is 2.93. The van der Waals surface area contributed by atoms with E-state index in [0.717, 1.165) is 12.0 Å². The lowest BCUT2D eigenvalue weighted by atomic mass is 9.96. The van der Waals surface area contributed by atoms with E-state index in [4.69, 9.17) is 10.9 Å². The molecule has 0 aliphatic carbocycles. The summed E-state index contributed by atoms with van der Waals surface area (Å²) in [6.45, 7) is 3.99. The van der Waals surface area contributed by atoms with Gasteiger partial charge in [-0.1, -0.05) is 42.4 Å². The van der Waals surface area contributed by atoms with Crippen molar-refractivity contribution in [2.45, 2.75) is 32.7 Å². The molecule has 1 aromatic rings. The average Bonchev–Trinajstić information content (AvgIpc) is 2.50. The standard InChI is InChI=1S/C15H23N3O2/c1-4-11(2)18(3)15(19)13(14(16)17-20)10-12-8-6-5-7-9-12/h5-9,11,13,20H,4,10H2,1-3H3,(H2,16,17). The van der Waals surface area contributed by atoms with Crippen LogP contribution in [0, 0.1) is 5.92 Å². The average molecular weight is 277 g/mol. The Bertz CT molecular complexity index is 459. The van der Waals surface area contributed by atoms with E-state index in [1.54, 1.807) is 11.9 Å². The molecular formula is C15H23N3O2. The Morgan fingerprint density at radius 2 is 2.00 bits per heavy atom. The normalized spacial score (nSPS) is 14.7. The lowest BCUT2D eigenvalue weighted by Crippen LogP contribution is -2.44. The molecule has 0 aromatic heterocycles. The zero-order chi connectivity index (χ0) is 15.1. The topological polar surface area (TPSA) is 78.9 Å². The molecule has 0 bridgehead atoms. The van der Waals surface area contributed by atoms with Crippen LogP contribution in [0.4, 0.5) is 0 Å². The van der Waals surface area contributed by atoms with Crippen molar-refractivity contribution in [1.82, 2.24) is 4.90 Å². The van der Waals surface area contributed by atoms with Gasteiger partial charge in [0.05, 0.1) is 0 Å². The summed E-state index contributed by atoms with van der Waals surface area (Å²) >= 11 is 0. The fourth-order valence-corrected chi connectivity index (χ4v) is 1.97. The number of amides is 1. The summed E-state index contributed by atoms with van der Waals surface area (Å²) in [7, 11) is 1.75. The summed E-state index contributed by atoms with van der Waals surface area (Å²) in [6.07, 6.45) is 1.28. The summed E-state index contributed by atoms with van der Waals surface area (Å²) in [5.41, 5.74) is 6.68. The highest BCUT2D eigenvalue weighted by Gasteiger charge is 2.28. The van der Waals surface area contributed by atoms with Crippen LogP contribution in [0.2, 0.25) is 0 Å². The van der Waals surface area contributed by atoms with Gasteiger partial charge in [-0.3, -0.25) is 4.79 Å². The quantitative estimate of drug-likeness (QED) is 0.360. The Morgan fingerprint density at radius 1 is 1.40 bits per heavy atom. The largest absolute Gasteiger partial charge is 0.409 e. The van der Waals surface area contributed by atoms with E-state index >= 15 is 0 Å². The van der Waals surface area contributed by atoms with Gasteiger partial charge in [0.1, 0.15) is 5.92 Å². The minimum atomic E-state index is -0.638. The molecule has 0 saturated carbocycles. The number of carbonyl (C=O) groups is 1. The third-order valence-corrected chi connectivity index (χ3v) is 3.65. The lowest BCUT2D eigenvalue weighted by molar-refractivity contribution is -0.133. The van der Waals surface area contributed by atoms with Crippen LogP contribution in [-0.4, -0.2) is 34.9 Å². The number of nitrogens with two attached hydrogens (primary N) is 1. The smallest absolute Gasteiger partial charge is 0.233 e. The van der Waals surface area contributed by atoms with Crippen molar-refractivity contribution in [1.29, 1.82) is 0 Å². The summed E-state index contributed by atoms with van der Waals surface area (Å²) in [5.74, 6) is -0.811. The zero-order valence-corrected chi connectivity index (χ0v) is 12.3. The molecule has 0 aliphatic heterocycles. The van der Waals surface area contributed by atoms with Crippen molar-refractivity contribution in [3.05, 3.63) is 35.9 Å². The number of oxime groups is 1. The molecular weight excluding hydrogens is 254 g/mol. The van der Waals surface area contributed by atoms with Gasteiger partial charge in [0, 0.05) is 13.1 Å². The Labute approximate surface area is 120 Å². The van der Waals surface area contributed by atoms with Crippen molar-refractivity contribution in [3.63, 3.8) is 0 Å². The van der Waals surface area contributed by atoms with Crippen LogP contribution in [0.25, 0.3) is 0 Å². The van der Waals surface area contributed by atoms with Crippen LogP contribution in [-0.2, 0) is 11.2 Å². The van der Waals surface area contributed by atoms with Crippen LogP contribution in [0.1, 0.15) is 25.8 Å². The maximum atomic E-state index is 12.5. The summed E-state index contributed by atoms with van der Waals surface area (Å²) in [5, 5.41) is 11.9. The van der Waals surface area contributed by atoms with Crippen molar-refractivity contribution in [2.24, 2.45) is 16.8 Å². The number of carbonyl (C=O) groups excluding carboxylic acids is 1. The van der Waals surface area contributed by atoms with Gasteiger partial charge in [-0.15, -0.1) is 0 Å². The lowest BCUT2D eigenvalue weighted by Gasteiger charge is -2.28. The molecule has 1 amide bonds. The number of benzene rings is 1. The van der Waals surface area contributed by atoms with Crippen molar-refractivity contribution in [2.75, 3.05) is 7.05 Å². The molecule has 2 atom stereocenters. The van der Waals surface area contributed by atoms with Crippen LogP contribution in [0.3, 0.4) is 0 Å². The molecule has 0 radical (unpaired) electrons. The number of amidine groups is 1. The van der Waals surface area contributed by atoms with Crippen LogP contribution in [0.5, 0.6) is 0 Å². The molecule has 0 aliphatic rings. The highest BCUT2D eigenvalue weighted by Crippen LogP contribution is 2.14. The van der Waals surface area contributed by atoms with Gasteiger partial charge in [0.15, 0.2) is 5.84 Å². The number of hydrogen-bond donors (Lipinski definition) is 2. The maximum Gasteiger partial charge on any atom is 0.233 e. The van der Waals surface area contributed by atoms with Crippen LogP contribution in [0.15, 0.2) is 35.5 Å². The summed E-state index contributed by atoms with van der Waals surface area (Å²) < 4.78 is 0. The molecule has 2 unspecified atom stereocenters. The van der Waals surface area contributed by atoms with Gasteiger partial charge in [0.25, 0.3) is 0 Å². The second-order valence-corrected chi connectivity index (χ2v) is 4.97. The first-order chi connectivity index (χ1) is 9.51. The van der Waals surface area contributed by atoms with E-state index in [9.17, 15) is 4.79 Å². The fraction of sp³-hybridized carbons (Fsp3) is 0.467. The predicted octanol–water partition coefficient (Wildman–Crippen LogP) is 1.85. The number of rotatable bonds is 6. The number of nitrogens with zero attached hydrogens (tertiary/aromatic N) is 2. The van der Waals surface area contributed by atoms with Gasteiger partial charge in [-0.25, -0.2) is 0 Å². The summed E-state index contributed by atoms with van der Waals surface area (Å²) in [4.78, 5) is 14.2. The highest BCUT2D eigenvalue weighted by molar-refractivity contribution is 6.02. The molecule has 1 rings (SSSR count). The van der Waals surface area contributed by atoms with E-state index in [-0.39, 0.29) is 17.8 Å². The third-order valence-electron chi connectivity index (χ3n) is 3.65. The van der Waals surface area contributed by atoms with Gasteiger partial charge in [-0.2, -0.15) is 0 Å². The first kappa shape index (κ1) is 16.0. The van der Waals surface area contributed by atoms with E-state index in [0.29, 0.717) is 6.42 Å². The molecule has 0 spiro atoms. The molecule has 5 heteroatoms. The fourth-order valence-electron chi connectivity index (χ4n) is 1.97. The Kier molecular flexibility index (Phi) is 6.03. The molecule has 110 valence electrons. The third kappa shape index (κ3) is 3.98. The van der Waals surface area contributed by atoms with E-state index in [1.165, 1.54) is 0 Å². The molecule has 1 aromatic carbocycles. The van der Waals surface area contributed by atoms with Crippen molar-refractivity contribution >= 4 is 11.7 Å². The van der Waals surface area contributed by atoms with Crippen LogP contribution >= 0.6 is 0 Å². The first-order valence-electron chi connectivity index (χ1n) is 6.79. The van der Waals surface area contributed by atoms with Gasteiger partial charge in [-0.05, 0) is 25.3 Å². The van der Waals surface area contributed by atoms with Gasteiger partial charge < -0.3 is 15.8 Å². The van der Waals surface area contributed by atoms with Crippen molar-refractivity contribution < 1.29 is 10.0 Å². The van der Waals surface area contributed by atoms with E-state index in [2.05, 4.69) is 5.16 Å². The highest BCUT2D eigenvalue weighted by atomic mass is 16.4. The minimum absolute atomic E-state index is 0.0472. The monoisotopic (exact) mass is 277 g/mol. The molecule has 5 nitrogen and oxygen atoms in total. The Morgan fingerprint density at radius 3 is 2.50 bits per heavy atom. The Hall–Kier alpha value is -2.04. The minimum Gasteiger partial charge on any atom is -0.409 e. The van der Waals surface area contributed by atoms with E-state index in [1.807, 2.05) is 44.2 Å². The second-order valence-electron chi connectivity index (χ2n) is 4.97. The van der Waals surface area contributed by atoms with Crippen LogP contribution < -0.4 is 5.73 Å². The first-order valence-corrected chi connectivity index (χ1v) is 6.79.